The van der Waals surface area contributed by atoms with Gasteiger partial charge in [-0.15, -0.1) is 0 Å². The van der Waals surface area contributed by atoms with E-state index < -0.39 is 5.60 Å². The Labute approximate surface area is 119 Å². The highest BCUT2D eigenvalue weighted by Crippen LogP contribution is 2.11. The molecular weight excluding hydrogens is 260 g/mol. The molecule has 0 aliphatic carbocycles. The average Bonchev–Trinajstić information content (AvgIpc) is 2.42. The number of carbonyl (C=O) groups is 1. The molecule has 106 valence electrons. The van der Waals surface area contributed by atoms with Gasteiger partial charge < -0.3 is 15.7 Å². The molecule has 0 saturated carbocycles. The third-order valence-electron chi connectivity index (χ3n) is 2.77. The van der Waals surface area contributed by atoms with E-state index in [-0.39, 0.29) is 12.6 Å². The van der Waals surface area contributed by atoms with Crippen molar-refractivity contribution in [1.82, 2.24) is 10.6 Å². The summed E-state index contributed by atoms with van der Waals surface area (Å²) in [5.41, 5.74) is 0.194. The van der Waals surface area contributed by atoms with Crippen LogP contribution in [0.15, 0.2) is 30.3 Å². The normalized spacial score (nSPS) is 13.6. The van der Waals surface area contributed by atoms with Gasteiger partial charge in [-0.2, -0.15) is 11.8 Å². The maximum absolute atomic E-state index is 11.6. The van der Waals surface area contributed by atoms with E-state index in [1.165, 1.54) is 0 Å². The molecule has 3 N–H and O–H groups in total. The van der Waals surface area contributed by atoms with Gasteiger partial charge in [0.05, 0.1) is 5.60 Å². The van der Waals surface area contributed by atoms with Gasteiger partial charge in [-0.05, 0) is 30.9 Å². The van der Waals surface area contributed by atoms with Gasteiger partial charge in [0.2, 0.25) is 0 Å². The summed E-state index contributed by atoms with van der Waals surface area (Å²) in [6.07, 6.45) is 2.66. The monoisotopic (exact) mass is 282 g/mol. The summed E-state index contributed by atoms with van der Waals surface area (Å²) in [7, 11) is 0. The lowest BCUT2D eigenvalue weighted by molar-refractivity contribution is 0.0594. The predicted octanol–water partition coefficient (Wildman–Crippen LogP) is 1.99. The summed E-state index contributed by atoms with van der Waals surface area (Å²) in [5, 5.41) is 15.5. The van der Waals surface area contributed by atoms with E-state index in [0.29, 0.717) is 13.0 Å². The van der Waals surface area contributed by atoms with E-state index >= 15 is 0 Å². The van der Waals surface area contributed by atoms with E-state index in [0.717, 1.165) is 11.3 Å². The lowest BCUT2D eigenvalue weighted by Gasteiger charge is -2.23. The Morgan fingerprint density at radius 2 is 2.00 bits per heavy atom. The molecule has 0 heterocycles. The van der Waals surface area contributed by atoms with Gasteiger partial charge >= 0.3 is 6.03 Å². The standard InChI is InChI=1S/C14H22N2O2S/c1-14(18,8-9-19-2)11-16-13(17)15-10-12-6-4-3-5-7-12/h3-7,18H,8-11H2,1-2H3,(H2,15,16,17). The lowest BCUT2D eigenvalue weighted by atomic mass is 10.0. The summed E-state index contributed by atoms with van der Waals surface area (Å²) in [5.74, 6) is 0.875. The minimum Gasteiger partial charge on any atom is -0.388 e. The summed E-state index contributed by atoms with van der Waals surface area (Å²) >= 11 is 1.68. The number of hydrogen-bond donors (Lipinski definition) is 3. The molecule has 1 aromatic carbocycles. The lowest BCUT2D eigenvalue weighted by Crippen LogP contribution is -2.44. The van der Waals surface area contributed by atoms with Crippen molar-refractivity contribution in [1.29, 1.82) is 0 Å². The molecule has 1 aromatic rings. The van der Waals surface area contributed by atoms with Crippen molar-refractivity contribution < 1.29 is 9.90 Å². The van der Waals surface area contributed by atoms with Crippen molar-refractivity contribution in [3.05, 3.63) is 35.9 Å². The second kappa shape index (κ2) is 8.07. The predicted molar refractivity (Wildman–Crippen MR) is 80.3 cm³/mol. The molecule has 19 heavy (non-hydrogen) atoms. The average molecular weight is 282 g/mol. The minimum atomic E-state index is -0.854. The van der Waals surface area contributed by atoms with Crippen LogP contribution in [0.3, 0.4) is 0 Å². The zero-order chi connectivity index (χ0) is 14.1. The third-order valence-corrected chi connectivity index (χ3v) is 3.38. The molecule has 1 unspecified atom stereocenters. The zero-order valence-corrected chi connectivity index (χ0v) is 12.3. The van der Waals surface area contributed by atoms with Crippen LogP contribution in [0.1, 0.15) is 18.9 Å². The van der Waals surface area contributed by atoms with Crippen LogP contribution in [-0.2, 0) is 6.54 Å². The number of nitrogens with one attached hydrogen (secondary N) is 2. The van der Waals surface area contributed by atoms with Crippen molar-refractivity contribution in [2.75, 3.05) is 18.6 Å². The molecular formula is C14H22N2O2S. The number of amides is 2. The fourth-order valence-corrected chi connectivity index (χ4v) is 2.17. The van der Waals surface area contributed by atoms with Crippen LogP contribution in [0, 0.1) is 0 Å². The molecule has 0 fully saturated rings. The molecule has 0 spiro atoms. The second-order valence-corrected chi connectivity index (χ2v) is 5.75. The Hall–Kier alpha value is -1.20. The van der Waals surface area contributed by atoms with Crippen LogP contribution in [0.5, 0.6) is 0 Å². The summed E-state index contributed by atoms with van der Waals surface area (Å²) in [6.45, 7) is 2.48. The van der Waals surface area contributed by atoms with Gasteiger partial charge in [-0.25, -0.2) is 4.79 Å². The summed E-state index contributed by atoms with van der Waals surface area (Å²) in [6, 6.07) is 9.45. The fourth-order valence-electron chi connectivity index (χ4n) is 1.52. The highest BCUT2D eigenvalue weighted by molar-refractivity contribution is 7.98. The van der Waals surface area contributed by atoms with Gasteiger partial charge in [0.25, 0.3) is 0 Å². The number of thioether (sulfide) groups is 1. The SMILES string of the molecule is CSCCC(C)(O)CNC(=O)NCc1ccccc1. The van der Waals surface area contributed by atoms with Gasteiger partial charge in [0.1, 0.15) is 0 Å². The van der Waals surface area contributed by atoms with Crippen LogP contribution >= 0.6 is 11.8 Å². The Kier molecular flexibility index (Phi) is 6.73. The molecule has 1 rings (SSSR count). The number of carbonyl (C=O) groups excluding carboxylic acids is 1. The van der Waals surface area contributed by atoms with Crippen molar-refractivity contribution in [2.45, 2.75) is 25.5 Å². The molecule has 0 aliphatic rings. The molecule has 0 aromatic heterocycles. The van der Waals surface area contributed by atoms with Gasteiger partial charge in [0.15, 0.2) is 0 Å². The maximum atomic E-state index is 11.6. The largest absolute Gasteiger partial charge is 0.388 e. The van der Waals surface area contributed by atoms with Gasteiger partial charge in [-0.1, -0.05) is 30.3 Å². The van der Waals surface area contributed by atoms with Crippen molar-refractivity contribution in [3.63, 3.8) is 0 Å². The van der Waals surface area contributed by atoms with Crippen molar-refractivity contribution in [3.8, 4) is 0 Å². The van der Waals surface area contributed by atoms with Crippen LogP contribution in [0.25, 0.3) is 0 Å². The highest BCUT2D eigenvalue weighted by Gasteiger charge is 2.20. The van der Waals surface area contributed by atoms with Gasteiger partial charge in [0, 0.05) is 13.1 Å². The van der Waals surface area contributed by atoms with E-state index in [2.05, 4.69) is 10.6 Å². The van der Waals surface area contributed by atoms with Crippen LogP contribution < -0.4 is 10.6 Å². The maximum Gasteiger partial charge on any atom is 0.315 e. The molecule has 1 atom stereocenters. The Morgan fingerprint density at radius 1 is 1.32 bits per heavy atom. The summed E-state index contributed by atoms with van der Waals surface area (Å²) in [4.78, 5) is 11.6. The molecule has 5 heteroatoms. The van der Waals surface area contributed by atoms with Crippen molar-refractivity contribution in [2.24, 2.45) is 0 Å². The molecule has 0 bridgehead atoms. The Balaban J connectivity index is 2.24. The van der Waals surface area contributed by atoms with E-state index in [1.807, 2.05) is 36.6 Å². The van der Waals surface area contributed by atoms with Crippen molar-refractivity contribution >= 4 is 17.8 Å². The number of aliphatic hydroxyl groups is 1. The Morgan fingerprint density at radius 3 is 2.63 bits per heavy atom. The smallest absolute Gasteiger partial charge is 0.315 e. The first-order valence-electron chi connectivity index (χ1n) is 6.30. The Bertz CT molecular complexity index is 382. The first-order valence-corrected chi connectivity index (χ1v) is 7.70. The number of hydrogen-bond acceptors (Lipinski definition) is 3. The number of benzene rings is 1. The van der Waals surface area contributed by atoms with Crippen LogP contribution in [0.2, 0.25) is 0 Å². The third kappa shape index (κ3) is 7.08. The first-order chi connectivity index (χ1) is 9.03. The molecule has 0 radical (unpaired) electrons. The minimum absolute atomic E-state index is 0.256. The van der Waals surface area contributed by atoms with Gasteiger partial charge in [-0.3, -0.25) is 0 Å². The topological polar surface area (TPSA) is 61.4 Å². The summed E-state index contributed by atoms with van der Waals surface area (Å²) < 4.78 is 0. The number of rotatable bonds is 7. The zero-order valence-electron chi connectivity index (χ0n) is 11.5. The van der Waals surface area contributed by atoms with E-state index in [4.69, 9.17) is 0 Å². The van der Waals surface area contributed by atoms with E-state index in [1.54, 1.807) is 18.7 Å². The molecule has 2 amide bonds. The molecule has 0 saturated heterocycles. The fraction of sp³-hybridized carbons (Fsp3) is 0.500. The highest BCUT2D eigenvalue weighted by atomic mass is 32.2. The second-order valence-electron chi connectivity index (χ2n) is 4.76. The first kappa shape index (κ1) is 15.9. The molecule has 0 aliphatic heterocycles. The van der Waals surface area contributed by atoms with Crippen LogP contribution in [-0.4, -0.2) is 35.3 Å². The molecule has 4 nitrogen and oxygen atoms in total. The van der Waals surface area contributed by atoms with Crippen LogP contribution in [0.4, 0.5) is 4.79 Å². The van der Waals surface area contributed by atoms with E-state index in [9.17, 15) is 9.90 Å². The quantitative estimate of drug-likeness (QED) is 0.717. The number of urea groups is 1.